The van der Waals surface area contributed by atoms with Gasteiger partial charge in [-0.1, -0.05) is 0 Å². The third-order valence-electron chi connectivity index (χ3n) is 4.44. The van der Waals surface area contributed by atoms with E-state index in [0.29, 0.717) is 22.9 Å². The molecule has 0 spiro atoms. The number of guanidine groups is 1. The first-order chi connectivity index (χ1) is 15.0. The molecule has 0 aliphatic carbocycles. The quantitative estimate of drug-likeness (QED) is 0.378. The van der Waals surface area contributed by atoms with Crippen LogP contribution in [0.25, 0.3) is 16.9 Å². The Morgan fingerprint density at radius 1 is 1.16 bits per heavy atom. The molecule has 0 unspecified atom stereocenters. The summed E-state index contributed by atoms with van der Waals surface area (Å²) < 4.78 is 20.5. The molecule has 3 N–H and O–H groups in total. The second-order valence-electron chi connectivity index (χ2n) is 6.70. The van der Waals surface area contributed by atoms with Crippen molar-refractivity contribution in [3.05, 3.63) is 78.9 Å². The molecular weight excluding hydrogens is 397 g/mol. The normalized spacial score (nSPS) is 11.4. The molecule has 0 atom stereocenters. The largest absolute Gasteiger partial charge is 0.494 e. The van der Waals surface area contributed by atoms with Gasteiger partial charge in [0.1, 0.15) is 11.6 Å². The number of hydrogen-bond donors (Lipinski definition) is 2. The zero-order valence-electron chi connectivity index (χ0n) is 17.0. The first kappa shape index (κ1) is 20.0. The number of anilines is 1. The number of imidazole rings is 1. The molecule has 0 saturated carbocycles. The van der Waals surface area contributed by atoms with E-state index in [1.165, 1.54) is 18.3 Å². The zero-order chi connectivity index (χ0) is 21.8. The Hall–Kier alpha value is -4.27. The van der Waals surface area contributed by atoms with Crippen LogP contribution in [-0.2, 0) is 0 Å². The molecule has 2 aromatic carbocycles. The third-order valence-corrected chi connectivity index (χ3v) is 4.44. The monoisotopic (exact) mass is 417 g/mol. The van der Waals surface area contributed by atoms with Gasteiger partial charge in [-0.05, 0) is 43.3 Å². The highest BCUT2D eigenvalue weighted by Gasteiger charge is 2.08. The van der Waals surface area contributed by atoms with Crippen LogP contribution < -0.4 is 15.8 Å². The Kier molecular flexibility index (Phi) is 5.57. The van der Waals surface area contributed by atoms with Gasteiger partial charge in [0.25, 0.3) is 0 Å². The minimum Gasteiger partial charge on any atom is -0.494 e. The maximum absolute atomic E-state index is 13.1. The fraction of sp³-hybridized carbons (Fsp3) is 0.0909. The van der Waals surface area contributed by atoms with Gasteiger partial charge >= 0.3 is 0 Å². The van der Waals surface area contributed by atoms with Gasteiger partial charge in [0, 0.05) is 23.5 Å². The predicted molar refractivity (Wildman–Crippen MR) is 117 cm³/mol. The summed E-state index contributed by atoms with van der Waals surface area (Å²) in [6, 6.07) is 11.6. The SMILES string of the molecule is COc1cc(NC(N)=Nc2cncc(-c3ccc(F)cc3)n2)ccc1-n1cnc(C)c1. The second-order valence-corrected chi connectivity index (χ2v) is 6.70. The predicted octanol–water partition coefficient (Wildman–Crippen LogP) is 3.84. The highest BCUT2D eigenvalue weighted by molar-refractivity contribution is 5.94. The van der Waals surface area contributed by atoms with E-state index in [0.717, 1.165) is 16.9 Å². The number of nitrogens with two attached hydrogens (primary N) is 1. The summed E-state index contributed by atoms with van der Waals surface area (Å²) in [5.74, 6) is 0.792. The molecule has 31 heavy (non-hydrogen) atoms. The number of ether oxygens (including phenoxy) is 1. The Morgan fingerprint density at radius 2 is 1.97 bits per heavy atom. The lowest BCUT2D eigenvalue weighted by atomic mass is 10.1. The molecule has 0 fully saturated rings. The van der Waals surface area contributed by atoms with E-state index >= 15 is 0 Å². The maximum atomic E-state index is 13.1. The molecule has 0 radical (unpaired) electrons. The fourth-order valence-corrected chi connectivity index (χ4v) is 2.99. The summed E-state index contributed by atoms with van der Waals surface area (Å²) in [7, 11) is 1.60. The number of methoxy groups -OCH3 is 1. The average molecular weight is 417 g/mol. The van der Waals surface area contributed by atoms with Crippen molar-refractivity contribution in [3.63, 3.8) is 0 Å². The first-order valence-electron chi connectivity index (χ1n) is 9.40. The Morgan fingerprint density at radius 3 is 2.68 bits per heavy atom. The van der Waals surface area contributed by atoms with Gasteiger partial charge in [-0.15, -0.1) is 0 Å². The second kappa shape index (κ2) is 8.62. The Bertz CT molecular complexity index is 1230. The smallest absolute Gasteiger partial charge is 0.199 e. The van der Waals surface area contributed by atoms with Crippen molar-refractivity contribution >= 4 is 17.5 Å². The summed E-state index contributed by atoms with van der Waals surface area (Å²) in [6.45, 7) is 1.92. The van der Waals surface area contributed by atoms with Crippen molar-refractivity contribution in [2.24, 2.45) is 10.7 Å². The van der Waals surface area contributed by atoms with Crippen LogP contribution in [0.3, 0.4) is 0 Å². The zero-order valence-corrected chi connectivity index (χ0v) is 17.0. The molecule has 2 heterocycles. The van der Waals surface area contributed by atoms with Crippen LogP contribution in [0.5, 0.6) is 5.75 Å². The Labute approximate surface area is 178 Å². The molecule has 0 aliphatic rings. The first-order valence-corrected chi connectivity index (χ1v) is 9.40. The van der Waals surface area contributed by atoms with Crippen LogP contribution in [0.4, 0.5) is 15.9 Å². The van der Waals surface area contributed by atoms with Crippen LogP contribution in [0.15, 0.2) is 72.4 Å². The van der Waals surface area contributed by atoms with Gasteiger partial charge < -0.3 is 20.4 Å². The Balaban J connectivity index is 1.54. The van der Waals surface area contributed by atoms with Crippen molar-refractivity contribution in [2.45, 2.75) is 6.92 Å². The van der Waals surface area contributed by atoms with Gasteiger partial charge in [0.2, 0.25) is 0 Å². The number of aromatic nitrogens is 4. The molecule has 2 aromatic heterocycles. The van der Waals surface area contributed by atoms with Crippen molar-refractivity contribution < 1.29 is 9.13 Å². The molecule has 156 valence electrons. The summed E-state index contributed by atoms with van der Waals surface area (Å²) in [6.07, 6.45) is 6.71. The lowest BCUT2D eigenvalue weighted by Crippen LogP contribution is -2.22. The van der Waals surface area contributed by atoms with Gasteiger partial charge in [0.15, 0.2) is 11.8 Å². The number of rotatable bonds is 5. The van der Waals surface area contributed by atoms with Crippen molar-refractivity contribution in [3.8, 4) is 22.7 Å². The summed E-state index contributed by atoms with van der Waals surface area (Å²) in [4.78, 5) is 17.1. The maximum Gasteiger partial charge on any atom is 0.199 e. The van der Waals surface area contributed by atoms with Crippen LogP contribution in [0, 0.1) is 12.7 Å². The van der Waals surface area contributed by atoms with Crippen LogP contribution in [-0.4, -0.2) is 32.6 Å². The number of nitrogens with one attached hydrogen (secondary N) is 1. The van der Waals surface area contributed by atoms with E-state index in [4.69, 9.17) is 10.5 Å². The van der Waals surface area contributed by atoms with Crippen molar-refractivity contribution in [1.29, 1.82) is 0 Å². The molecule has 4 rings (SSSR count). The van der Waals surface area contributed by atoms with Gasteiger partial charge in [0.05, 0.1) is 42.9 Å². The van der Waals surface area contributed by atoms with Gasteiger partial charge in [-0.25, -0.2) is 14.4 Å². The number of aryl methyl sites for hydroxylation is 1. The molecule has 0 amide bonds. The lowest BCUT2D eigenvalue weighted by Gasteiger charge is -2.12. The van der Waals surface area contributed by atoms with Crippen LogP contribution in [0.1, 0.15) is 5.69 Å². The van der Waals surface area contributed by atoms with Crippen LogP contribution >= 0.6 is 0 Å². The third kappa shape index (κ3) is 4.67. The van der Waals surface area contributed by atoms with E-state index in [1.54, 1.807) is 31.8 Å². The minimum absolute atomic E-state index is 0.138. The van der Waals surface area contributed by atoms with Gasteiger partial charge in [-0.3, -0.25) is 4.98 Å². The number of hydrogen-bond acceptors (Lipinski definition) is 5. The minimum atomic E-state index is -0.316. The topological polar surface area (TPSA) is 103 Å². The summed E-state index contributed by atoms with van der Waals surface area (Å²) >= 11 is 0. The molecule has 8 nitrogen and oxygen atoms in total. The van der Waals surface area contributed by atoms with E-state index in [9.17, 15) is 4.39 Å². The number of aliphatic imine (C=N–C) groups is 1. The number of halogens is 1. The highest BCUT2D eigenvalue weighted by Crippen LogP contribution is 2.27. The van der Waals surface area contributed by atoms with Gasteiger partial charge in [-0.2, -0.15) is 4.99 Å². The van der Waals surface area contributed by atoms with Crippen molar-refractivity contribution in [1.82, 2.24) is 19.5 Å². The molecule has 0 saturated heterocycles. The van der Waals surface area contributed by atoms with E-state index in [1.807, 2.05) is 35.9 Å². The molecule has 9 heteroatoms. The van der Waals surface area contributed by atoms with Crippen molar-refractivity contribution in [2.75, 3.05) is 12.4 Å². The number of benzene rings is 2. The molecule has 4 aromatic rings. The van der Waals surface area contributed by atoms with E-state index in [-0.39, 0.29) is 11.8 Å². The lowest BCUT2D eigenvalue weighted by molar-refractivity contribution is 0.413. The summed E-state index contributed by atoms with van der Waals surface area (Å²) in [5.41, 5.74) is 9.80. The summed E-state index contributed by atoms with van der Waals surface area (Å²) in [5, 5.41) is 3.02. The van der Waals surface area contributed by atoms with E-state index in [2.05, 4.69) is 25.3 Å². The average Bonchev–Trinajstić information content (AvgIpc) is 3.20. The standard InChI is InChI=1S/C22H20FN7O/c1-14-12-30(13-26-14)19-8-7-17(9-20(19)31-2)27-22(24)29-21-11-25-10-18(28-21)15-3-5-16(23)6-4-15/h3-13H,1-2H3,(H3,24,27,28,29). The van der Waals surface area contributed by atoms with E-state index < -0.39 is 0 Å². The highest BCUT2D eigenvalue weighted by atomic mass is 19.1. The fourth-order valence-electron chi connectivity index (χ4n) is 2.99. The number of nitrogens with zero attached hydrogens (tertiary/aromatic N) is 5. The van der Waals surface area contributed by atoms with Crippen LogP contribution in [0.2, 0.25) is 0 Å². The molecular formula is C22H20FN7O. The molecule has 0 aliphatic heterocycles. The molecule has 0 bridgehead atoms.